The van der Waals surface area contributed by atoms with Gasteiger partial charge in [0.1, 0.15) is 0 Å². The predicted octanol–water partition coefficient (Wildman–Crippen LogP) is 3.21. The van der Waals surface area contributed by atoms with E-state index in [-0.39, 0.29) is 0 Å². The fourth-order valence-corrected chi connectivity index (χ4v) is 2.91. The molecule has 1 aromatic rings. The van der Waals surface area contributed by atoms with E-state index in [1.807, 2.05) is 0 Å². The Bertz CT molecular complexity index is 295. The highest BCUT2D eigenvalue weighted by Gasteiger charge is 2.37. The normalized spacial score (nSPS) is 19.6. The molecule has 1 aliphatic rings. The zero-order chi connectivity index (χ0) is 11.4. The van der Waals surface area contributed by atoms with Crippen molar-refractivity contribution in [2.75, 3.05) is 13.2 Å². The molecule has 1 fully saturated rings. The van der Waals surface area contributed by atoms with Crippen molar-refractivity contribution < 1.29 is 4.74 Å². The number of nitrogens with one attached hydrogen (secondary N) is 1. The van der Waals surface area contributed by atoms with Crippen LogP contribution in [0.3, 0.4) is 0 Å². The first-order valence-electron chi connectivity index (χ1n) is 6.23. The number of thiophene rings is 1. The Morgan fingerprint density at radius 2 is 2.31 bits per heavy atom. The standard InChI is InChI=1S/C13H21NOS/c1-3-14-12(11-7-8-16-9-11)13(15-4-2)10-5-6-10/h7-10,12-14H,3-6H2,1-2H3. The lowest BCUT2D eigenvalue weighted by Crippen LogP contribution is -2.35. The summed E-state index contributed by atoms with van der Waals surface area (Å²) in [5.41, 5.74) is 1.39. The Morgan fingerprint density at radius 3 is 2.81 bits per heavy atom. The minimum atomic E-state index is 0.361. The molecule has 1 aliphatic carbocycles. The monoisotopic (exact) mass is 239 g/mol. The van der Waals surface area contributed by atoms with Crippen molar-refractivity contribution in [1.82, 2.24) is 5.32 Å². The summed E-state index contributed by atoms with van der Waals surface area (Å²) in [5, 5.41) is 7.96. The first-order chi connectivity index (χ1) is 7.86. The number of ether oxygens (including phenoxy) is 1. The van der Waals surface area contributed by atoms with E-state index >= 15 is 0 Å². The van der Waals surface area contributed by atoms with Crippen molar-refractivity contribution in [2.45, 2.75) is 38.8 Å². The van der Waals surface area contributed by atoms with Crippen LogP contribution in [0.15, 0.2) is 16.8 Å². The Labute approximate surface area is 102 Å². The molecule has 2 unspecified atom stereocenters. The first-order valence-corrected chi connectivity index (χ1v) is 7.18. The molecule has 0 spiro atoms. The van der Waals surface area contributed by atoms with E-state index in [0.29, 0.717) is 12.1 Å². The minimum absolute atomic E-state index is 0.361. The Hall–Kier alpha value is -0.380. The second-order valence-electron chi connectivity index (χ2n) is 4.35. The van der Waals surface area contributed by atoms with Gasteiger partial charge in [0.15, 0.2) is 0 Å². The second kappa shape index (κ2) is 5.80. The third-order valence-corrected chi connectivity index (χ3v) is 3.80. The summed E-state index contributed by atoms with van der Waals surface area (Å²) in [6.45, 7) is 6.06. The Balaban J connectivity index is 2.09. The van der Waals surface area contributed by atoms with Crippen LogP contribution >= 0.6 is 11.3 Å². The molecule has 0 amide bonds. The summed E-state index contributed by atoms with van der Waals surface area (Å²) in [5.74, 6) is 0.767. The van der Waals surface area contributed by atoms with E-state index in [2.05, 4.69) is 36.0 Å². The van der Waals surface area contributed by atoms with Gasteiger partial charge in [-0.15, -0.1) is 0 Å². The first kappa shape index (κ1) is 12.1. The van der Waals surface area contributed by atoms with Crippen molar-refractivity contribution in [3.8, 4) is 0 Å². The van der Waals surface area contributed by atoms with Gasteiger partial charge in [-0.1, -0.05) is 6.92 Å². The molecule has 0 aliphatic heterocycles. The van der Waals surface area contributed by atoms with Crippen molar-refractivity contribution >= 4 is 11.3 Å². The molecule has 0 radical (unpaired) electrons. The summed E-state index contributed by atoms with van der Waals surface area (Å²) in [6.07, 6.45) is 3.02. The lowest BCUT2D eigenvalue weighted by atomic mass is 10.0. The molecule has 2 atom stereocenters. The van der Waals surface area contributed by atoms with E-state index < -0.39 is 0 Å². The maximum Gasteiger partial charge on any atom is 0.0797 e. The van der Waals surface area contributed by atoms with Crippen LogP contribution in [0.25, 0.3) is 0 Å². The summed E-state index contributed by atoms with van der Waals surface area (Å²) in [4.78, 5) is 0. The van der Waals surface area contributed by atoms with Gasteiger partial charge in [0.25, 0.3) is 0 Å². The van der Waals surface area contributed by atoms with E-state index in [0.717, 1.165) is 19.1 Å². The smallest absolute Gasteiger partial charge is 0.0797 e. The van der Waals surface area contributed by atoms with Gasteiger partial charge in [-0.25, -0.2) is 0 Å². The van der Waals surface area contributed by atoms with E-state index in [1.165, 1.54) is 18.4 Å². The van der Waals surface area contributed by atoms with Gasteiger partial charge in [-0.2, -0.15) is 11.3 Å². The maximum absolute atomic E-state index is 5.95. The lowest BCUT2D eigenvalue weighted by Gasteiger charge is -2.27. The van der Waals surface area contributed by atoms with Crippen LogP contribution in [-0.2, 0) is 4.74 Å². The fraction of sp³-hybridized carbons (Fsp3) is 0.692. The highest BCUT2D eigenvalue weighted by atomic mass is 32.1. The van der Waals surface area contributed by atoms with Crippen LogP contribution < -0.4 is 5.32 Å². The molecule has 0 aromatic carbocycles. The molecule has 1 saturated carbocycles. The quantitative estimate of drug-likeness (QED) is 0.789. The molecule has 2 nitrogen and oxygen atoms in total. The number of hydrogen-bond acceptors (Lipinski definition) is 3. The van der Waals surface area contributed by atoms with E-state index in [9.17, 15) is 0 Å². The van der Waals surface area contributed by atoms with Gasteiger partial charge in [0, 0.05) is 6.61 Å². The van der Waals surface area contributed by atoms with Crippen LogP contribution in [0.2, 0.25) is 0 Å². The highest BCUT2D eigenvalue weighted by molar-refractivity contribution is 7.07. The van der Waals surface area contributed by atoms with Gasteiger partial charge < -0.3 is 10.1 Å². The summed E-state index contributed by atoms with van der Waals surface area (Å²) < 4.78 is 5.95. The van der Waals surface area contributed by atoms with Crippen molar-refractivity contribution in [1.29, 1.82) is 0 Å². The number of hydrogen-bond donors (Lipinski definition) is 1. The molecule has 2 rings (SSSR count). The SMILES string of the molecule is CCNC(c1ccsc1)C(OCC)C1CC1. The molecule has 1 aromatic heterocycles. The minimum Gasteiger partial charge on any atom is -0.376 e. The molecule has 3 heteroatoms. The summed E-state index contributed by atoms with van der Waals surface area (Å²) in [6, 6.07) is 2.59. The van der Waals surface area contributed by atoms with Crippen molar-refractivity contribution in [3.05, 3.63) is 22.4 Å². The van der Waals surface area contributed by atoms with Crippen LogP contribution in [0, 0.1) is 5.92 Å². The summed E-state index contributed by atoms with van der Waals surface area (Å²) >= 11 is 1.77. The highest BCUT2D eigenvalue weighted by Crippen LogP contribution is 2.40. The molecule has 1 heterocycles. The average Bonchev–Trinajstić information content (AvgIpc) is 2.99. The van der Waals surface area contributed by atoms with Crippen LogP contribution in [-0.4, -0.2) is 19.3 Å². The maximum atomic E-state index is 5.95. The fourth-order valence-electron chi connectivity index (χ4n) is 2.22. The molecule has 16 heavy (non-hydrogen) atoms. The molecule has 0 saturated heterocycles. The average molecular weight is 239 g/mol. The zero-order valence-corrected chi connectivity index (χ0v) is 10.9. The third-order valence-electron chi connectivity index (χ3n) is 3.10. The Kier molecular flexibility index (Phi) is 4.38. The molecule has 1 N–H and O–H groups in total. The molecular formula is C13H21NOS. The van der Waals surface area contributed by atoms with Crippen LogP contribution in [0.1, 0.15) is 38.3 Å². The van der Waals surface area contributed by atoms with Gasteiger partial charge in [0.2, 0.25) is 0 Å². The number of likely N-dealkylation sites (N-methyl/N-ethyl adjacent to an activating group) is 1. The summed E-state index contributed by atoms with van der Waals surface area (Å²) in [7, 11) is 0. The topological polar surface area (TPSA) is 21.3 Å². The second-order valence-corrected chi connectivity index (χ2v) is 5.13. The van der Waals surface area contributed by atoms with Crippen LogP contribution in [0.5, 0.6) is 0 Å². The van der Waals surface area contributed by atoms with Gasteiger partial charge >= 0.3 is 0 Å². The molecular weight excluding hydrogens is 218 g/mol. The van der Waals surface area contributed by atoms with Crippen molar-refractivity contribution in [3.63, 3.8) is 0 Å². The van der Waals surface area contributed by atoms with Crippen LogP contribution in [0.4, 0.5) is 0 Å². The van der Waals surface area contributed by atoms with Gasteiger partial charge in [-0.3, -0.25) is 0 Å². The molecule has 90 valence electrons. The lowest BCUT2D eigenvalue weighted by molar-refractivity contribution is 0.0190. The van der Waals surface area contributed by atoms with Gasteiger partial charge in [-0.05, 0) is 54.6 Å². The third kappa shape index (κ3) is 2.84. The van der Waals surface area contributed by atoms with E-state index in [4.69, 9.17) is 4.74 Å². The number of rotatable bonds is 7. The largest absolute Gasteiger partial charge is 0.376 e. The molecule has 0 bridgehead atoms. The predicted molar refractivity (Wildman–Crippen MR) is 68.9 cm³/mol. The van der Waals surface area contributed by atoms with E-state index in [1.54, 1.807) is 11.3 Å². The van der Waals surface area contributed by atoms with Crippen molar-refractivity contribution in [2.24, 2.45) is 5.92 Å². The zero-order valence-electron chi connectivity index (χ0n) is 10.1. The van der Waals surface area contributed by atoms with Gasteiger partial charge in [0.05, 0.1) is 12.1 Å². The Morgan fingerprint density at radius 1 is 1.50 bits per heavy atom.